The van der Waals surface area contributed by atoms with Crippen LogP contribution in [0, 0.1) is 5.92 Å². The van der Waals surface area contributed by atoms with Crippen LogP contribution in [-0.2, 0) is 4.79 Å². The predicted octanol–water partition coefficient (Wildman–Crippen LogP) is 3.51. The zero-order valence-electron chi connectivity index (χ0n) is 14.7. The van der Waals surface area contributed by atoms with Crippen molar-refractivity contribution < 1.29 is 9.59 Å². The fraction of sp³-hybridized carbons (Fsp3) is 0.600. The molecule has 0 bridgehead atoms. The van der Waals surface area contributed by atoms with Crippen molar-refractivity contribution >= 4 is 17.4 Å². The number of Topliss-reactive ketones (excluding diaryl/α,β-unsaturated/α-hetero) is 1. The van der Waals surface area contributed by atoms with Gasteiger partial charge in [-0.3, -0.25) is 9.59 Å². The van der Waals surface area contributed by atoms with Gasteiger partial charge in [0.15, 0.2) is 0 Å². The van der Waals surface area contributed by atoms with Crippen molar-refractivity contribution in [2.75, 3.05) is 31.1 Å². The zero-order valence-corrected chi connectivity index (χ0v) is 14.7. The Balaban J connectivity index is 1.45. The summed E-state index contributed by atoms with van der Waals surface area (Å²) in [5.41, 5.74) is 1.34. The summed E-state index contributed by atoms with van der Waals surface area (Å²) < 4.78 is 0. The highest BCUT2D eigenvalue weighted by atomic mass is 16.2. The molecule has 2 aliphatic rings. The van der Waals surface area contributed by atoms with Gasteiger partial charge in [0, 0.05) is 6.54 Å². The normalized spacial score (nSPS) is 19.1. The second kappa shape index (κ2) is 7.93. The first-order valence-corrected chi connectivity index (χ1v) is 9.38. The highest BCUT2D eigenvalue weighted by Gasteiger charge is 2.34. The van der Waals surface area contributed by atoms with Crippen molar-refractivity contribution in [1.29, 1.82) is 0 Å². The summed E-state index contributed by atoms with van der Waals surface area (Å²) in [6.07, 6.45) is 7.58. The van der Waals surface area contributed by atoms with Crippen molar-refractivity contribution in [3.8, 4) is 0 Å². The van der Waals surface area contributed by atoms with Gasteiger partial charge in [-0.25, -0.2) is 0 Å². The van der Waals surface area contributed by atoms with Gasteiger partial charge >= 0.3 is 0 Å². The molecule has 0 unspecified atom stereocenters. The lowest BCUT2D eigenvalue weighted by Gasteiger charge is -2.32. The minimum atomic E-state index is -0.366. The van der Waals surface area contributed by atoms with Crippen molar-refractivity contribution in [1.82, 2.24) is 4.90 Å². The van der Waals surface area contributed by atoms with E-state index >= 15 is 0 Å². The summed E-state index contributed by atoms with van der Waals surface area (Å²) in [6, 6.07) is 7.32. The Morgan fingerprint density at radius 2 is 1.79 bits per heavy atom. The van der Waals surface area contributed by atoms with Gasteiger partial charge in [0.2, 0.25) is 0 Å². The SMILES string of the molecule is CCCCC1CCN(CCCN2C(=O)C(=O)c3ccccc32)CC1. The number of likely N-dealkylation sites (tertiary alicyclic amines) is 1. The molecule has 1 fully saturated rings. The van der Waals surface area contributed by atoms with E-state index in [1.165, 1.54) is 45.2 Å². The number of hydrogen-bond donors (Lipinski definition) is 0. The van der Waals surface area contributed by atoms with Crippen LogP contribution in [-0.4, -0.2) is 42.8 Å². The minimum Gasteiger partial charge on any atom is -0.305 e. The quantitative estimate of drug-likeness (QED) is 0.719. The average molecular weight is 328 g/mol. The Bertz CT molecular complexity index is 591. The second-order valence-corrected chi connectivity index (χ2v) is 7.08. The number of anilines is 1. The van der Waals surface area contributed by atoms with Crippen LogP contribution in [0.5, 0.6) is 0 Å². The lowest BCUT2D eigenvalue weighted by molar-refractivity contribution is -0.114. The Morgan fingerprint density at radius 3 is 2.54 bits per heavy atom. The maximum Gasteiger partial charge on any atom is 0.299 e. The third-order valence-electron chi connectivity index (χ3n) is 5.41. The number of unbranched alkanes of at least 4 members (excludes halogenated alkanes) is 1. The van der Waals surface area contributed by atoms with E-state index in [9.17, 15) is 9.59 Å². The Labute approximate surface area is 144 Å². The zero-order chi connectivity index (χ0) is 16.9. The molecule has 0 aromatic heterocycles. The minimum absolute atomic E-state index is 0.359. The van der Waals surface area contributed by atoms with Crippen LogP contribution in [0.3, 0.4) is 0 Å². The van der Waals surface area contributed by atoms with Crippen LogP contribution < -0.4 is 4.90 Å². The van der Waals surface area contributed by atoms with Crippen LogP contribution in [0.2, 0.25) is 0 Å². The van der Waals surface area contributed by atoms with Crippen LogP contribution in [0.25, 0.3) is 0 Å². The van der Waals surface area contributed by atoms with Gasteiger partial charge < -0.3 is 9.80 Å². The first-order valence-electron chi connectivity index (χ1n) is 9.38. The lowest BCUT2D eigenvalue weighted by atomic mass is 9.91. The molecule has 0 radical (unpaired) electrons. The van der Waals surface area contributed by atoms with Gasteiger partial charge in [-0.05, 0) is 56.9 Å². The predicted molar refractivity (Wildman–Crippen MR) is 96.4 cm³/mol. The number of piperidine rings is 1. The monoisotopic (exact) mass is 328 g/mol. The van der Waals surface area contributed by atoms with Crippen molar-refractivity contribution in [3.63, 3.8) is 0 Å². The van der Waals surface area contributed by atoms with Gasteiger partial charge in [0.25, 0.3) is 11.7 Å². The number of amides is 1. The first-order chi connectivity index (χ1) is 11.7. The van der Waals surface area contributed by atoms with E-state index in [1.807, 2.05) is 18.2 Å². The summed E-state index contributed by atoms with van der Waals surface area (Å²) in [4.78, 5) is 28.3. The highest BCUT2D eigenvalue weighted by Crippen LogP contribution is 2.28. The third-order valence-corrected chi connectivity index (χ3v) is 5.41. The third kappa shape index (κ3) is 3.69. The average Bonchev–Trinajstić information content (AvgIpc) is 2.86. The molecule has 1 aromatic carbocycles. The summed E-state index contributed by atoms with van der Waals surface area (Å²) in [7, 11) is 0. The molecular formula is C20H28N2O2. The Hall–Kier alpha value is -1.68. The molecule has 0 spiro atoms. The molecular weight excluding hydrogens is 300 g/mol. The molecule has 24 heavy (non-hydrogen) atoms. The molecule has 3 rings (SSSR count). The molecule has 130 valence electrons. The number of carbonyl (C=O) groups excluding carboxylic acids is 2. The van der Waals surface area contributed by atoms with Crippen LogP contribution in [0.15, 0.2) is 24.3 Å². The number of nitrogens with zero attached hydrogens (tertiary/aromatic N) is 2. The summed E-state index contributed by atoms with van der Waals surface area (Å²) in [5, 5.41) is 0. The number of rotatable bonds is 7. The van der Waals surface area contributed by atoms with Gasteiger partial charge in [0.05, 0.1) is 11.3 Å². The molecule has 4 heteroatoms. The van der Waals surface area contributed by atoms with Gasteiger partial charge in [0.1, 0.15) is 0 Å². The molecule has 1 aromatic rings. The second-order valence-electron chi connectivity index (χ2n) is 7.08. The lowest BCUT2D eigenvalue weighted by Crippen LogP contribution is -2.37. The van der Waals surface area contributed by atoms with E-state index in [-0.39, 0.29) is 11.7 Å². The largest absolute Gasteiger partial charge is 0.305 e. The molecule has 2 aliphatic heterocycles. The van der Waals surface area contributed by atoms with Crippen LogP contribution >= 0.6 is 0 Å². The number of para-hydroxylation sites is 1. The molecule has 0 aliphatic carbocycles. The number of hydrogen-bond acceptors (Lipinski definition) is 3. The molecule has 1 amide bonds. The molecule has 4 nitrogen and oxygen atoms in total. The highest BCUT2D eigenvalue weighted by molar-refractivity contribution is 6.52. The standard InChI is InChI=1S/C20H28N2O2/c1-2-3-7-16-10-14-21(15-11-16)12-6-13-22-18-9-5-4-8-17(18)19(23)20(22)24/h4-5,8-9,16H,2-3,6-7,10-15H2,1H3. The summed E-state index contributed by atoms with van der Waals surface area (Å²) >= 11 is 0. The van der Waals surface area contributed by atoms with E-state index < -0.39 is 0 Å². The maximum atomic E-state index is 12.2. The maximum absolute atomic E-state index is 12.2. The molecule has 2 heterocycles. The number of carbonyl (C=O) groups is 2. The van der Waals surface area contributed by atoms with E-state index in [2.05, 4.69) is 11.8 Å². The smallest absolute Gasteiger partial charge is 0.299 e. The van der Waals surface area contributed by atoms with Gasteiger partial charge in [-0.1, -0.05) is 38.3 Å². The Morgan fingerprint density at radius 1 is 1.04 bits per heavy atom. The molecule has 0 saturated carbocycles. The fourth-order valence-corrected chi connectivity index (χ4v) is 3.91. The first kappa shape index (κ1) is 17.2. The number of ketones is 1. The van der Waals surface area contributed by atoms with Crippen molar-refractivity contribution in [2.45, 2.75) is 45.4 Å². The van der Waals surface area contributed by atoms with Crippen LogP contribution in [0.1, 0.15) is 55.8 Å². The van der Waals surface area contributed by atoms with Gasteiger partial charge in [-0.15, -0.1) is 0 Å². The topological polar surface area (TPSA) is 40.6 Å². The van der Waals surface area contributed by atoms with Crippen molar-refractivity contribution in [3.05, 3.63) is 29.8 Å². The fourth-order valence-electron chi connectivity index (χ4n) is 3.91. The van der Waals surface area contributed by atoms with E-state index in [0.29, 0.717) is 12.1 Å². The Kier molecular flexibility index (Phi) is 5.67. The van der Waals surface area contributed by atoms with E-state index in [0.717, 1.165) is 24.6 Å². The number of benzene rings is 1. The summed E-state index contributed by atoms with van der Waals surface area (Å²) in [6.45, 7) is 6.27. The van der Waals surface area contributed by atoms with Crippen molar-refractivity contribution in [2.24, 2.45) is 5.92 Å². The molecule has 1 saturated heterocycles. The van der Waals surface area contributed by atoms with Gasteiger partial charge in [-0.2, -0.15) is 0 Å². The van der Waals surface area contributed by atoms with Crippen LogP contribution in [0.4, 0.5) is 5.69 Å². The molecule has 0 N–H and O–H groups in total. The number of fused-ring (bicyclic) bond motifs is 1. The van der Waals surface area contributed by atoms with E-state index in [1.54, 1.807) is 11.0 Å². The molecule has 0 atom stereocenters. The summed E-state index contributed by atoms with van der Waals surface area (Å²) in [5.74, 6) is 0.183. The van der Waals surface area contributed by atoms with E-state index in [4.69, 9.17) is 0 Å².